The molecule has 0 aliphatic heterocycles. The van der Waals surface area contributed by atoms with Crippen molar-refractivity contribution < 1.29 is 23.4 Å². The van der Waals surface area contributed by atoms with Crippen LogP contribution in [0, 0.1) is 0 Å². The van der Waals surface area contributed by atoms with E-state index in [1.807, 2.05) is 39.0 Å². The number of carboxylic acids is 1. The van der Waals surface area contributed by atoms with Crippen LogP contribution in [-0.4, -0.2) is 24.1 Å². The average Bonchev–Trinajstić information content (AvgIpc) is 2.57. The van der Waals surface area contributed by atoms with Crippen molar-refractivity contribution in [3.8, 4) is 5.75 Å². The molecule has 5 heteroatoms. The van der Waals surface area contributed by atoms with Gasteiger partial charge in [-0.2, -0.15) is 0 Å². The third-order valence-corrected chi connectivity index (χ3v) is 4.26. The predicted octanol–water partition coefficient (Wildman–Crippen LogP) is 6.57. The van der Waals surface area contributed by atoms with Crippen LogP contribution in [0.1, 0.15) is 70.1 Å². The third-order valence-electron chi connectivity index (χ3n) is 4.26. The summed E-state index contributed by atoms with van der Waals surface area (Å²) in [7, 11) is 0. The van der Waals surface area contributed by atoms with Gasteiger partial charge in [-0.25, -0.2) is 13.6 Å². The molecule has 154 valence electrons. The molecule has 0 amide bonds. The number of rotatable bonds is 9. The number of allylic oxidation sites excluding steroid dienone is 5. The Morgan fingerprint density at radius 1 is 1.14 bits per heavy atom. The van der Waals surface area contributed by atoms with E-state index in [1.54, 1.807) is 19.1 Å². The molecule has 0 aliphatic rings. The Bertz CT molecular complexity index is 772. The fourth-order valence-corrected chi connectivity index (χ4v) is 2.71. The zero-order valence-corrected chi connectivity index (χ0v) is 17.4. The van der Waals surface area contributed by atoms with E-state index >= 15 is 0 Å². The van der Waals surface area contributed by atoms with Crippen LogP contribution in [0.3, 0.4) is 0 Å². The molecular formula is C23H30F2O3. The predicted molar refractivity (Wildman–Crippen MR) is 110 cm³/mol. The molecule has 0 aromatic heterocycles. The van der Waals surface area contributed by atoms with E-state index < -0.39 is 19.0 Å². The molecule has 3 nitrogen and oxygen atoms in total. The second-order valence-corrected chi connectivity index (χ2v) is 7.43. The lowest BCUT2D eigenvalue weighted by molar-refractivity contribution is -0.131. The van der Waals surface area contributed by atoms with Gasteiger partial charge in [0.2, 0.25) is 0 Å². The Labute approximate surface area is 166 Å². The van der Waals surface area contributed by atoms with Crippen molar-refractivity contribution in [2.75, 3.05) is 6.61 Å². The van der Waals surface area contributed by atoms with Crippen molar-refractivity contribution in [3.63, 3.8) is 0 Å². The highest BCUT2D eigenvalue weighted by Gasteiger charge is 2.18. The van der Waals surface area contributed by atoms with E-state index in [0.717, 1.165) is 28.3 Å². The summed E-state index contributed by atoms with van der Waals surface area (Å²) in [5.41, 5.74) is 4.25. The van der Waals surface area contributed by atoms with Crippen LogP contribution < -0.4 is 4.74 Å². The second-order valence-electron chi connectivity index (χ2n) is 7.43. The third kappa shape index (κ3) is 7.29. The highest BCUT2D eigenvalue weighted by atomic mass is 19.3. The van der Waals surface area contributed by atoms with E-state index in [-0.39, 0.29) is 11.8 Å². The van der Waals surface area contributed by atoms with Crippen molar-refractivity contribution in [2.45, 2.75) is 59.8 Å². The van der Waals surface area contributed by atoms with Gasteiger partial charge in [0.1, 0.15) is 12.4 Å². The highest BCUT2D eigenvalue weighted by molar-refractivity contribution is 5.81. The molecule has 0 unspecified atom stereocenters. The first-order valence-electron chi connectivity index (χ1n) is 9.38. The molecule has 0 atom stereocenters. The quantitative estimate of drug-likeness (QED) is 0.382. The van der Waals surface area contributed by atoms with E-state index in [9.17, 15) is 13.6 Å². The van der Waals surface area contributed by atoms with Gasteiger partial charge >= 0.3 is 5.97 Å². The number of hydrogen-bond acceptors (Lipinski definition) is 2. The van der Waals surface area contributed by atoms with Gasteiger partial charge in [-0.1, -0.05) is 52.0 Å². The molecule has 1 aromatic rings. The van der Waals surface area contributed by atoms with Crippen LogP contribution in [0.2, 0.25) is 0 Å². The Kier molecular flexibility index (Phi) is 9.10. The highest BCUT2D eigenvalue weighted by Crippen LogP contribution is 2.37. The second kappa shape index (κ2) is 10.8. The van der Waals surface area contributed by atoms with Crippen molar-refractivity contribution in [2.24, 2.45) is 0 Å². The van der Waals surface area contributed by atoms with E-state index in [2.05, 4.69) is 13.8 Å². The van der Waals surface area contributed by atoms with Crippen LogP contribution in [0.15, 0.2) is 42.0 Å². The maximum atomic E-state index is 12.8. The maximum absolute atomic E-state index is 12.8. The molecule has 1 aromatic carbocycles. The fraction of sp³-hybridized carbons (Fsp3) is 0.435. The Balaban J connectivity index is 3.44. The smallest absolute Gasteiger partial charge is 0.328 e. The van der Waals surface area contributed by atoms with Crippen LogP contribution in [-0.2, 0) is 4.79 Å². The van der Waals surface area contributed by atoms with Gasteiger partial charge in [0.15, 0.2) is 0 Å². The van der Waals surface area contributed by atoms with Gasteiger partial charge in [0.25, 0.3) is 6.43 Å². The first-order valence-corrected chi connectivity index (χ1v) is 9.38. The minimum atomic E-state index is -2.55. The molecule has 0 spiro atoms. The Morgan fingerprint density at radius 2 is 1.79 bits per heavy atom. The first kappa shape index (κ1) is 23.6. The number of ether oxygens (including phenoxy) is 1. The molecule has 1 N–H and O–H groups in total. The van der Waals surface area contributed by atoms with Crippen molar-refractivity contribution in [1.82, 2.24) is 0 Å². The Hall–Kier alpha value is -2.43. The van der Waals surface area contributed by atoms with E-state index in [1.165, 1.54) is 0 Å². The number of alkyl halides is 2. The molecule has 0 saturated heterocycles. The lowest BCUT2D eigenvalue weighted by atomic mass is 9.89. The van der Waals surface area contributed by atoms with Gasteiger partial charge < -0.3 is 9.84 Å². The van der Waals surface area contributed by atoms with Crippen molar-refractivity contribution in [3.05, 3.63) is 58.7 Å². The summed E-state index contributed by atoms with van der Waals surface area (Å²) >= 11 is 0. The molecule has 0 saturated carbocycles. The topological polar surface area (TPSA) is 46.5 Å². The monoisotopic (exact) mass is 392 g/mol. The number of aliphatic carboxylic acids is 1. The normalized spacial score (nSPS) is 13.2. The molecule has 28 heavy (non-hydrogen) atoms. The summed E-state index contributed by atoms with van der Waals surface area (Å²) in [5, 5.41) is 8.77. The molecule has 1 rings (SSSR count). The number of carboxylic acid groups (broad SMARTS) is 1. The van der Waals surface area contributed by atoms with Crippen LogP contribution >= 0.6 is 0 Å². The number of carbonyl (C=O) groups is 1. The van der Waals surface area contributed by atoms with Gasteiger partial charge in [0.05, 0.1) is 0 Å². The van der Waals surface area contributed by atoms with Gasteiger partial charge in [-0.05, 0) is 54.0 Å². The summed E-state index contributed by atoms with van der Waals surface area (Å²) in [6.45, 7) is 11.1. The lowest BCUT2D eigenvalue weighted by Gasteiger charge is -2.21. The van der Waals surface area contributed by atoms with E-state index in [4.69, 9.17) is 9.84 Å². The minimum absolute atomic E-state index is 0.120. The van der Waals surface area contributed by atoms with Crippen LogP contribution in [0.4, 0.5) is 8.78 Å². The van der Waals surface area contributed by atoms with E-state index in [0.29, 0.717) is 11.3 Å². The number of hydrogen-bond donors (Lipinski definition) is 1. The van der Waals surface area contributed by atoms with Gasteiger partial charge in [0, 0.05) is 11.6 Å². The fourth-order valence-electron chi connectivity index (χ4n) is 2.71. The minimum Gasteiger partial charge on any atom is -0.487 e. The number of halogens is 2. The SMILES string of the molecule is C/C(=C/C=C/C(C)=C/C(=O)O)c1cc(C(C)C)cc(C(C)C)c1OCC(F)F. The molecule has 0 aliphatic carbocycles. The summed E-state index contributed by atoms with van der Waals surface area (Å²) in [5.74, 6) is -0.116. The molecule has 0 fully saturated rings. The molecular weight excluding hydrogens is 362 g/mol. The summed E-state index contributed by atoms with van der Waals surface area (Å²) in [6.07, 6.45) is 3.83. The largest absolute Gasteiger partial charge is 0.487 e. The van der Waals surface area contributed by atoms with Gasteiger partial charge in [-0.15, -0.1) is 0 Å². The van der Waals surface area contributed by atoms with Gasteiger partial charge in [-0.3, -0.25) is 0 Å². The number of benzene rings is 1. The summed E-state index contributed by atoms with van der Waals surface area (Å²) < 4.78 is 31.1. The average molecular weight is 392 g/mol. The Morgan fingerprint density at radius 3 is 2.29 bits per heavy atom. The molecule has 0 heterocycles. The lowest BCUT2D eigenvalue weighted by Crippen LogP contribution is -2.11. The maximum Gasteiger partial charge on any atom is 0.328 e. The zero-order chi connectivity index (χ0) is 21.4. The molecule has 0 bridgehead atoms. The van der Waals surface area contributed by atoms with Crippen molar-refractivity contribution in [1.29, 1.82) is 0 Å². The van der Waals surface area contributed by atoms with Crippen LogP contribution in [0.5, 0.6) is 5.75 Å². The molecule has 0 radical (unpaired) electrons. The first-order chi connectivity index (χ1) is 13.0. The zero-order valence-electron chi connectivity index (χ0n) is 17.4. The van der Waals surface area contributed by atoms with Crippen LogP contribution in [0.25, 0.3) is 5.57 Å². The standard InChI is InChI=1S/C23H30F2O3/c1-14(2)18-11-19(15(3)4)23(28-13-21(24)25)20(12-18)17(6)9-7-8-16(5)10-22(26)27/h7-12,14-15,21H,13H2,1-6H3,(H,26,27)/b8-7+,16-10+,17-9-. The summed E-state index contributed by atoms with van der Waals surface area (Å²) in [4.78, 5) is 10.7. The summed E-state index contributed by atoms with van der Waals surface area (Å²) in [6, 6.07) is 4.01. The van der Waals surface area contributed by atoms with Crippen molar-refractivity contribution >= 4 is 11.5 Å².